The lowest BCUT2D eigenvalue weighted by molar-refractivity contribution is 0.793. The summed E-state index contributed by atoms with van der Waals surface area (Å²) in [5.74, 6) is 0. The normalized spacial score (nSPS) is 14.1. The van der Waals surface area contributed by atoms with E-state index >= 15 is 0 Å². The van der Waals surface area contributed by atoms with Gasteiger partial charge in [0.2, 0.25) is 0 Å². The van der Waals surface area contributed by atoms with E-state index in [1.807, 2.05) is 0 Å². The van der Waals surface area contributed by atoms with Crippen molar-refractivity contribution in [3.05, 3.63) is 295 Å². The highest BCUT2D eigenvalue weighted by Gasteiger charge is 2.54. The summed E-state index contributed by atoms with van der Waals surface area (Å²) in [5, 5.41) is 2.45. The van der Waals surface area contributed by atoms with E-state index < -0.39 is 5.41 Å². The Kier molecular flexibility index (Phi) is 9.11. The van der Waals surface area contributed by atoms with Gasteiger partial charge in [-0.1, -0.05) is 200 Å². The van der Waals surface area contributed by atoms with E-state index in [1.165, 1.54) is 60.8 Å². The number of fused-ring (bicyclic) bond motifs is 13. The lowest BCUT2D eigenvalue weighted by atomic mass is 9.70. The van der Waals surface area contributed by atoms with E-state index in [4.69, 9.17) is 0 Å². The minimum absolute atomic E-state index is 0.674. The molecular weight excluding hydrogens is 847 g/mol. The first-order valence-corrected chi connectivity index (χ1v) is 24.2. The SMILES string of the molecule is c1ccc(-c2ccccc2N(c2ccc3c4ccccc4n(-c4ccccc4)c3c2)c2cccc3c2C2(c4ccccc4-3)c3ccccc3-c3c(N(c4ccccc4)c4ccccc4)cccc32)cc1. The molecule has 1 aromatic heterocycles. The van der Waals surface area contributed by atoms with Crippen LogP contribution in [-0.4, -0.2) is 4.57 Å². The van der Waals surface area contributed by atoms with Gasteiger partial charge in [-0.05, 0) is 112 Å². The largest absolute Gasteiger partial charge is 0.310 e. The van der Waals surface area contributed by atoms with E-state index in [0.717, 1.165) is 56.5 Å². The lowest BCUT2D eigenvalue weighted by Gasteiger charge is -2.36. The fraction of sp³-hybridized carbons (Fsp3) is 0.0149. The van der Waals surface area contributed by atoms with Crippen molar-refractivity contribution < 1.29 is 0 Å². The maximum atomic E-state index is 2.56. The molecule has 0 bridgehead atoms. The van der Waals surface area contributed by atoms with Crippen LogP contribution in [0.3, 0.4) is 0 Å². The van der Waals surface area contributed by atoms with Crippen molar-refractivity contribution in [1.29, 1.82) is 0 Å². The maximum Gasteiger partial charge on any atom is 0.0746 e. The summed E-state index contributed by atoms with van der Waals surface area (Å²) >= 11 is 0. The number of aromatic nitrogens is 1. The predicted molar refractivity (Wildman–Crippen MR) is 292 cm³/mol. The molecule has 2 aliphatic carbocycles. The number of anilines is 6. The van der Waals surface area contributed by atoms with Crippen molar-refractivity contribution in [2.45, 2.75) is 5.41 Å². The number of para-hydroxylation sites is 5. The third kappa shape index (κ3) is 5.82. The van der Waals surface area contributed by atoms with Gasteiger partial charge in [0, 0.05) is 50.2 Å². The fourth-order valence-electron chi connectivity index (χ4n) is 12.1. The molecule has 3 nitrogen and oxygen atoms in total. The average Bonchev–Trinajstić information content (AvgIpc) is 4.05. The summed E-state index contributed by atoms with van der Waals surface area (Å²) in [5.41, 5.74) is 21.9. The summed E-state index contributed by atoms with van der Waals surface area (Å²) in [4.78, 5) is 5.00. The molecule has 0 N–H and O–H groups in total. The molecule has 1 atom stereocenters. The van der Waals surface area contributed by atoms with E-state index in [0.29, 0.717) is 0 Å². The molecule has 2 aliphatic rings. The third-order valence-corrected chi connectivity index (χ3v) is 14.8. The molecule has 0 aliphatic heterocycles. The van der Waals surface area contributed by atoms with Crippen molar-refractivity contribution in [3.63, 3.8) is 0 Å². The number of nitrogens with zero attached hydrogens (tertiary/aromatic N) is 3. The van der Waals surface area contributed by atoms with Crippen LogP contribution >= 0.6 is 0 Å². The molecule has 0 amide bonds. The van der Waals surface area contributed by atoms with Crippen LogP contribution in [-0.2, 0) is 5.41 Å². The van der Waals surface area contributed by atoms with Gasteiger partial charge in [-0.25, -0.2) is 0 Å². The molecule has 0 radical (unpaired) electrons. The Hall–Kier alpha value is -9.18. The monoisotopic (exact) mass is 891 g/mol. The van der Waals surface area contributed by atoms with Crippen LogP contribution in [0.2, 0.25) is 0 Å². The summed E-state index contributed by atoms with van der Waals surface area (Å²) < 4.78 is 2.43. The van der Waals surface area contributed by atoms with Gasteiger partial charge in [-0.15, -0.1) is 0 Å². The van der Waals surface area contributed by atoms with Crippen molar-refractivity contribution in [2.75, 3.05) is 9.80 Å². The molecule has 328 valence electrons. The van der Waals surface area contributed by atoms with Gasteiger partial charge in [0.15, 0.2) is 0 Å². The van der Waals surface area contributed by atoms with E-state index in [-0.39, 0.29) is 0 Å². The Bertz CT molecular complexity index is 3910. The highest BCUT2D eigenvalue weighted by Crippen LogP contribution is 2.67. The molecule has 0 fully saturated rings. The van der Waals surface area contributed by atoms with Gasteiger partial charge in [-0.2, -0.15) is 0 Å². The lowest BCUT2D eigenvalue weighted by Crippen LogP contribution is -2.28. The van der Waals surface area contributed by atoms with Gasteiger partial charge in [0.25, 0.3) is 0 Å². The van der Waals surface area contributed by atoms with Crippen LogP contribution in [0.5, 0.6) is 0 Å². The zero-order valence-corrected chi connectivity index (χ0v) is 38.3. The van der Waals surface area contributed by atoms with Crippen molar-refractivity contribution in [3.8, 4) is 39.1 Å². The Morgan fingerprint density at radius 1 is 0.300 bits per heavy atom. The number of rotatable bonds is 8. The van der Waals surface area contributed by atoms with Crippen LogP contribution in [0.25, 0.3) is 60.9 Å². The minimum atomic E-state index is -0.674. The molecule has 14 rings (SSSR count). The quantitative estimate of drug-likeness (QED) is 0.151. The molecule has 12 aromatic rings. The average molecular weight is 892 g/mol. The molecular formula is C67H45N3. The highest BCUT2D eigenvalue weighted by atomic mass is 15.2. The smallest absolute Gasteiger partial charge is 0.0746 e. The standard InChI is InChI=1S/C67H45N3/c1-5-23-46(24-6-1)51-31-15-19-39-60(51)70(50-43-44-54-53-33-16-20-40-61(53)69(64(54)45-50)49-29-11-4-12-30-49)63-42-21-35-55-52-32-13-17-36-57(52)67(66(55)63)58-37-18-14-34-56(58)65-59(67)38-22-41-62(65)68(47-25-7-2-8-26-47)48-27-9-3-10-28-48/h1-45H. The second kappa shape index (κ2) is 16.0. The minimum Gasteiger partial charge on any atom is -0.310 e. The number of hydrogen-bond acceptors (Lipinski definition) is 2. The molecule has 1 unspecified atom stereocenters. The maximum absolute atomic E-state index is 2.56. The fourth-order valence-corrected chi connectivity index (χ4v) is 12.1. The van der Waals surface area contributed by atoms with Gasteiger partial charge < -0.3 is 14.4 Å². The Morgan fingerprint density at radius 2 is 0.814 bits per heavy atom. The molecule has 70 heavy (non-hydrogen) atoms. The Labute approximate surface area is 408 Å². The zero-order valence-electron chi connectivity index (χ0n) is 38.3. The Morgan fingerprint density at radius 3 is 1.56 bits per heavy atom. The second-order valence-electron chi connectivity index (χ2n) is 18.4. The molecule has 1 heterocycles. The van der Waals surface area contributed by atoms with Crippen molar-refractivity contribution in [2.24, 2.45) is 0 Å². The summed E-state index contributed by atoms with van der Waals surface area (Å²) in [7, 11) is 0. The number of hydrogen-bond donors (Lipinski definition) is 0. The summed E-state index contributed by atoms with van der Waals surface area (Å²) in [6.07, 6.45) is 0. The van der Waals surface area contributed by atoms with Crippen molar-refractivity contribution in [1.82, 2.24) is 4.57 Å². The Balaban J connectivity index is 1.10. The highest BCUT2D eigenvalue weighted by molar-refractivity contribution is 6.11. The van der Waals surface area contributed by atoms with Gasteiger partial charge >= 0.3 is 0 Å². The molecule has 0 saturated carbocycles. The van der Waals surface area contributed by atoms with Crippen LogP contribution in [0.1, 0.15) is 22.3 Å². The number of benzene rings is 11. The van der Waals surface area contributed by atoms with Crippen LogP contribution in [0.15, 0.2) is 273 Å². The first-order valence-electron chi connectivity index (χ1n) is 24.2. The zero-order chi connectivity index (χ0) is 46.2. The molecule has 1 spiro atoms. The van der Waals surface area contributed by atoms with E-state index in [9.17, 15) is 0 Å². The predicted octanol–water partition coefficient (Wildman–Crippen LogP) is 17.7. The van der Waals surface area contributed by atoms with Gasteiger partial charge in [-0.3, -0.25) is 0 Å². The molecule has 0 saturated heterocycles. The van der Waals surface area contributed by atoms with Crippen LogP contribution < -0.4 is 9.80 Å². The van der Waals surface area contributed by atoms with Crippen LogP contribution in [0, 0.1) is 0 Å². The summed E-state index contributed by atoms with van der Waals surface area (Å²) in [6.45, 7) is 0. The van der Waals surface area contributed by atoms with Crippen LogP contribution in [0.4, 0.5) is 34.1 Å². The van der Waals surface area contributed by atoms with E-state index in [2.05, 4.69) is 287 Å². The first kappa shape index (κ1) is 39.9. The molecule has 3 heteroatoms. The third-order valence-electron chi connectivity index (χ3n) is 14.8. The molecule has 11 aromatic carbocycles. The van der Waals surface area contributed by atoms with Crippen molar-refractivity contribution >= 4 is 55.9 Å². The first-order chi connectivity index (χ1) is 34.8. The van der Waals surface area contributed by atoms with E-state index in [1.54, 1.807) is 0 Å². The van der Waals surface area contributed by atoms with Gasteiger partial charge in [0.05, 0.1) is 33.5 Å². The summed E-state index contributed by atoms with van der Waals surface area (Å²) in [6, 6.07) is 100. The topological polar surface area (TPSA) is 11.4 Å². The van der Waals surface area contributed by atoms with Gasteiger partial charge in [0.1, 0.15) is 0 Å². The second-order valence-corrected chi connectivity index (χ2v) is 18.4.